The van der Waals surface area contributed by atoms with Gasteiger partial charge in [-0.1, -0.05) is 96.8 Å². The Morgan fingerprint density at radius 3 is 2.04 bits per heavy atom. The third kappa shape index (κ3) is 8.30. The van der Waals surface area contributed by atoms with E-state index in [1.165, 1.54) is 81.8 Å². The molecule has 1 rings (SSSR count). The summed E-state index contributed by atoms with van der Waals surface area (Å²) in [4.78, 5) is 0. The normalized spacial score (nSPS) is 12.0. The summed E-state index contributed by atoms with van der Waals surface area (Å²) in [5, 5.41) is 0. The van der Waals surface area contributed by atoms with Crippen LogP contribution in [0.5, 0.6) is 0 Å². The number of rotatable bonds is 13. The largest absolute Gasteiger partial charge is 0.412 e. The molecule has 1 aromatic carbocycles. The molecule has 0 spiro atoms. The second kappa shape index (κ2) is 14.5. The molecule has 0 heterocycles. The van der Waals surface area contributed by atoms with Gasteiger partial charge in [-0.3, -0.25) is 0 Å². The Kier molecular flexibility index (Phi) is 14.0. The monoisotopic (exact) mass is 335 g/mol. The highest BCUT2D eigenvalue weighted by molar-refractivity contribution is 5.37. The van der Waals surface area contributed by atoms with E-state index in [1.54, 1.807) is 5.56 Å². The van der Waals surface area contributed by atoms with Crippen molar-refractivity contribution >= 4 is 0 Å². The summed E-state index contributed by atoms with van der Waals surface area (Å²) in [6.07, 6.45) is 15.5. The van der Waals surface area contributed by atoms with E-state index in [9.17, 15) is 0 Å². The predicted octanol–water partition coefficient (Wildman–Crippen LogP) is 5.91. The molecule has 2 heteroatoms. The lowest BCUT2D eigenvalue weighted by Crippen LogP contribution is -2.14. The molecule has 0 fully saturated rings. The average Bonchev–Trinajstić information content (AvgIpc) is 2.56. The third-order valence-corrected chi connectivity index (χ3v) is 4.85. The van der Waals surface area contributed by atoms with E-state index in [4.69, 9.17) is 5.73 Å². The Hall–Kier alpha value is -0.860. The van der Waals surface area contributed by atoms with E-state index in [0.717, 1.165) is 6.42 Å². The minimum atomic E-state index is 0. The summed E-state index contributed by atoms with van der Waals surface area (Å²) < 4.78 is 0. The highest BCUT2D eigenvalue weighted by Gasteiger charge is 2.13. The summed E-state index contributed by atoms with van der Waals surface area (Å²) >= 11 is 0. The van der Waals surface area contributed by atoms with Crippen molar-refractivity contribution in [2.24, 2.45) is 5.73 Å². The molecule has 1 atom stereocenters. The molecule has 0 bridgehead atoms. The van der Waals surface area contributed by atoms with Gasteiger partial charge in [0.15, 0.2) is 0 Å². The van der Waals surface area contributed by atoms with Gasteiger partial charge < -0.3 is 11.2 Å². The molecule has 140 valence electrons. The quantitative estimate of drug-likeness (QED) is 0.448. The molecule has 0 aromatic heterocycles. The zero-order valence-corrected chi connectivity index (χ0v) is 16.4. The van der Waals surface area contributed by atoms with E-state index >= 15 is 0 Å². The molecular weight excluding hydrogens is 294 g/mol. The Bertz CT molecular complexity index is 416. The van der Waals surface area contributed by atoms with E-state index in [2.05, 4.69) is 39.0 Å². The lowest BCUT2D eigenvalue weighted by molar-refractivity contribution is 0.538. The molecule has 0 aliphatic heterocycles. The molecule has 0 saturated heterocycles. The number of hydrogen-bond donors (Lipinski definition) is 1. The topological polar surface area (TPSA) is 57.5 Å². The Balaban J connectivity index is 0.00000529. The van der Waals surface area contributed by atoms with Crippen LogP contribution in [-0.4, -0.2) is 5.48 Å². The summed E-state index contributed by atoms with van der Waals surface area (Å²) in [6, 6.07) is 7.02. The molecule has 1 unspecified atom stereocenters. The van der Waals surface area contributed by atoms with E-state index in [-0.39, 0.29) is 11.5 Å². The van der Waals surface area contributed by atoms with Crippen LogP contribution in [0.2, 0.25) is 0 Å². The molecule has 0 saturated carbocycles. The fraction of sp³-hybridized carbons (Fsp3) is 0.727. The van der Waals surface area contributed by atoms with Crippen molar-refractivity contribution in [3.05, 3.63) is 34.9 Å². The zero-order valence-electron chi connectivity index (χ0n) is 16.4. The van der Waals surface area contributed by atoms with Crippen LogP contribution in [0.25, 0.3) is 0 Å². The Morgan fingerprint density at radius 2 is 1.42 bits per heavy atom. The van der Waals surface area contributed by atoms with Crippen LogP contribution in [-0.2, 0) is 12.8 Å². The fourth-order valence-corrected chi connectivity index (χ4v) is 3.54. The molecule has 4 N–H and O–H groups in total. The maximum atomic E-state index is 6.55. The highest BCUT2D eigenvalue weighted by Crippen LogP contribution is 2.26. The van der Waals surface area contributed by atoms with Gasteiger partial charge in [0.05, 0.1) is 0 Å². The SMILES string of the molecule is CCCCCCCCCC(N)c1cccc(CCC)c1CCC.O. The average molecular weight is 336 g/mol. The summed E-state index contributed by atoms with van der Waals surface area (Å²) in [5.74, 6) is 0. The molecule has 1 aromatic rings. The molecular formula is C22H41NO. The lowest BCUT2D eigenvalue weighted by Gasteiger charge is -2.19. The molecule has 0 amide bonds. The van der Waals surface area contributed by atoms with Gasteiger partial charge in [-0.05, 0) is 36.0 Å². The second-order valence-corrected chi connectivity index (χ2v) is 7.00. The number of aryl methyl sites for hydroxylation is 1. The maximum Gasteiger partial charge on any atom is 0.0297 e. The molecule has 0 aliphatic carbocycles. The van der Waals surface area contributed by atoms with Crippen molar-refractivity contribution in [3.63, 3.8) is 0 Å². The van der Waals surface area contributed by atoms with Crippen molar-refractivity contribution < 1.29 is 5.48 Å². The van der Waals surface area contributed by atoms with Crippen LogP contribution in [0, 0.1) is 0 Å². The van der Waals surface area contributed by atoms with Crippen LogP contribution in [0.4, 0.5) is 0 Å². The van der Waals surface area contributed by atoms with Gasteiger partial charge in [0.1, 0.15) is 0 Å². The first-order valence-corrected chi connectivity index (χ1v) is 10.1. The van der Waals surface area contributed by atoms with E-state index in [0.29, 0.717) is 0 Å². The van der Waals surface area contributed by atoms with Gasteiger partial charge >= 0.3 is 0 Å². The van der Waals surface area contributed by atoms with E-state index in [1.807, 2.05) is 0 Å². The van der Waals surface area contributed by atoms with Crippen molar-refractivity contribution in [1.82, 2.24) is 0 Å². The second-order valence-electron chi connectivity index (χ2n) is 7.00. The third-order valence-electron chi connectivity index (χ3n) is 4.85. The van der Waals surface area contributed by atoms with Gasteiger partial charge in [0.2, 0.25) is 0 Å². The molecule has 0 aliphatic rings. The summed E-state index contributed by atoms with van der Waals surface area (Å²) in [5.41, 5.74) is 11.1. The van der Waals surface area contributed by atoms with Crippen LogP contribution < -0.4 is 5.73 Å². The Morgan fingerprint density at radius 1 is 0.792 bits per heavy atom. The molecule has 24 heavy (non-hydrogen) atoms. The number of unbranched alkanes of at least 4 members (excludes halogenated alkanes) is 6. The number of nitrogens with two attached hydrogens (primary N) is 1. The van der Waals surface area contributed by atoms with Crippen LogP contribution >= 0.6 is 0 Å². The predicted molar refractivity (Wildman–Crippen MR) is 108 cm³/mol. The standard InChI is InChI=1S/C22H39N.H2O/c1-4-7-8-9-10-11-12-18-22(23)21-17-13-16-19(14-5-2)20(21)15-6-3;/h13,16-17,22H,4-12,14-15,18,23H2,1-3H3;1H2. The first-order valence-electron chi connectivity index (χ1n) is 10.1. The zero-order chi connectivity index (χ0) is 16.9. The lowest BCUT2D eigenvalue weighted by atomic mass is 9.89. The van der Waals surface area contributed by atoms with Crippen molar-refractivity contribution in [1.29, 1.82) is 0 Å². The van der Waals surface area contributed by atoms with Crippen molar-refractivity contribution in [3.8, 4) is 0 Å². The van der Waals surface area contributed by atoms with E-state index < -0.39 is 0 Å². The van der Waals surface area contributed by atoms with Gasteiger partial charge in [-0.15, -0.1) is 0 Å². The number of hydrogen-bond acceptors (Lipinski definition) is 1. The smallest absolute Gasteiger partial charge is 0.0297 e. The summed E-state index contributed by atoms with van der Waals surface area (Å²) in [7, 11) is 0. The first-order chi connectivity index (χ1) is 11.2. The maximum absolute atomic E-state index is 6.55. The highest BCUT2D eigenvalue weighted by atomic mass is 16.0. The van der Waals surface area contributed by atoms with Crippen molar-refractivity contribution in [2.45, 2.75) is 104 Å². The van der Waals surface area contributed by atoms with Crippen molar-refractivity contribution in [2.75, 3.05) is 0 Å². The Labute approximate surface area is 150 Å². The minimum Gasteiger partial charge on any atom is -0.412 e. The van der Waals surface area contributed by atoms with Gasteiger partial charge in [-0.25, -0.2) is 0 Å². The van der Waals surface area contributed by atoms with Gasteiger partial charge in [0.25, 0.3) is 0 Å². The molecule has 2 nitrogen and oxygen atoms in total. The van der Waals surface area contributed by atoms with Crippen LogP contribution in [0.15, 0.2) is 18.2 Å². The molecule has 0 radical (unpaired) electrons. The summed E-state index contributed by atoms with van der Waals surface area (Å²) in [6.45, 7) is 6.81. The van der Waals surface area contributed by atoms with Crippen LogP contribution in [0.1, 0.15) is 108 Å². The number of benzene rings is 1. The fourth-order valence-electron chi connectivity index (χ4n) is 3.54. The minimum absolute atomic E-state index is 0. The van der Waals surface area contributed by atoms with Crippen LogP contribution in [0.3, 0.4) is 0 Å². The first kappa shape index (κ1) is 23.1. The van der Waals surface area contributed by atoms with Gasteiger partial charge in [-0.2, -0.15) is 0 Å². The van der Waals surface area contributed by atoms with Gasteiger partial charge in [0, 0.05) is 6.04 Å².